The number of hydrogen-bond donors (Lipinski definition) is 1. The number of halogens is 3. The van der Waals surface area contributed by atoms with E-state index in [1.807, 2.05) is 0 Å². The summed E-state index contributed by atoms with van der Waals surface area (Å²) in [6, 6.07) is 4.89. The van der Waals surface area contributed by atoms with Crippen molar-refractivity contribution in [3.05, 3.63) is 59.1 Å². The molecule has 0 aliphatic carbocycles. The van der Waals surface area contributed by atoms with Crippen LogP contribution >= 0.6 is 11.6 Å². The molecule has 1 aliphatic rings. The van der Waals surface area contributed by atoms with Crippen LogP contribution in [0, 0.1) is 11.6 Å². The van der Waals surface area contributed by atoms with Crippen molar-refractivity contribution in [3.8, 4) is 16.9 Å². The minimum absolute atomic E-state index is 0.00979. The van der Waals surface area contributed by atoms with Gasteiger partial charge in [0, 0.05) is 45.8 Å². The van der Waals surface area contributed by atoms with Gasteiger partial charge in [0.05, 0.1) is 21.8 Å². The molecule has 0 aromatic heterocycles. The van der Waals surface area contributed by atoms with E-state index in [2.05, 4.69) is 6.58 Å². The Morgan fingerprint density at radius 1 is 1.13 bits per heavy atom. The van der Waals surface area contributed by atoms with Crippen LogP contribution in [0.4, 0.5) is 14.5 Å². The molecule has 1 heterocycles. The van der Waals surface area contributed by atoms with E-state index in [-0.39, 0.29) is 46.4 Å². The van der Waals surface area contributed by atoms with E-state index in [0.717, 1.165) is 6.07 Å². The van der Waals surface area contributed by atoms with Crippen LogP contribution in [0.3, 0.4) is 0 Å². The third-order valence-corrected chi connectivity index (χ3v) is 5.46. The Kier molecular flexibility index (Phi) is 6.50. The molecule has 2 aromatic rings. The molecule has 2 amide bonds. The lowest BCUT2D eigenvalue weighted by Gasteiger charge is -2.35. The quantitative estimate of drug-likeness (QED) is 0.725. The van der Waals surface area contributed by atoms with E-state index in [9.17, 15) is 19.1 Å². The van der Waals surface area contributed by atoms with E-state index < -0.39 is 23.3 Å². The van der Waals surface area contributed by atoms with Crippen LogP contribution in [0.5, 0.6) is 5.75 Å². The maximum absolute atomic E-state index is 15.6. The Morgan fingerprint density at radius 3 is 2.29 bits per heavy atom. The molecule has 0 saturated carbocycles. The molecule has 6 nitrogen and oxygen atoms in total. The minimum Gasteiger partial charge on any atom is -0.507 e. The van der Waals surface area contributed by atoms with E-state index in [4.69, 9.17) is 11.6 Å². The Morgan fingerprint density at radius 2 is 1.74 bits per heavy atom. The molecule has 31 heavy (non-hydrogen) atoms. The number of carbonyl (C=O) groups is 2. The number of anilines is 1. The molecule has 2 aromatic carbocycles. The number of aromatic hydroxyl groups is 1. The third kappa shape index (κ3) is 4.20. The zero-order chi connectivity index (χ0) is 22.9. The zero-order valence-corrected chi connectivity index (χ0v) is 17.9. The Bertz CT molecular complexity index is 1030. The Hall–Kier alpha value is -3.13. The molecule has 1 fully saturated rings. The lowest BCUT2D eigenvalue weighted by atomic mass is 9.98. The summed E-state index contributed by atoms with van der Waals surface area (Å²) in [5.74, 6) is -2.90. The van der Waals surface area contributed by atoms with Gasteiger partial charge in [0.1, 0.15) is 11.6 Å². The van der Waals surface area contributed by atoms with Crippen LogP contribution in [-0.4, -0.2) is 67.0 Å². The highest BCUT2D eigenvalue weighted by Gasteiger charge is 2.30. The van der Waals surface area contributed by atoms with Gasteiger partial charge in [-0.3, -0.25) is 9.59 Å². The first-order valence-corrected chi connectivity index (χ1v) is 9.93. The number of carbonyl (C=O) groups excluding carboxylic acids is 2. The minimum atomic E-state index is -0.915. The van der Waals surface area contributed by atoms with Gasteiger partial charge in [-0.05, 0) is 24.3 Å². The SMILES string of the molecule is C=CC(=O)N1CCN(C(=O)c2cc(Cl)c(-c3c(O)cccc3F)c(F)c2N(C)C)CC1. The highest BCUT2D eigenvalue weighted by molar-refractivity contribution is 6.34. The summed E-state index contributed by atoms with van der Waals surface area (Å²) in [7, 11) is 3.10. The molecule has 0 unspecified atom stereocenters. The van der Waals surface area contributed by atoms with Crippen LogP contribution in [0.25, 0.3) is 11.1 Å². The fourth-order valence-corrected chi connectivity index (χ4v) is 3.91. The van der Waals surface area contributed by atoms with E-state index >= 15 is 4.39 Å². The zero-order valence-electron chi connectivity index (χ0n) is 17.2. The number of benzene rings is 2. The molecule has 9 heteroatoms. The van der Waals surface area contributed by atoms with Crippen molar-refractivity contribution >= 4 is 29.1 Å². The van der Waals surface area contributed by atoms with Gasteiger partial charge < -0.3 is 19.8 Å². The second kappa shape index (κ2) is 8.93. The predicted molar refractivity (Wildman–Crippen MR) is 115 cm³/mol. The largest absolute Gasteiger partial charge is 0.507 e. The van der Waals surface area contributed by atoms with Crippen molar-refractivity contribution in [2.45, 2.75) is 0 Å². The maximum Gasteiger partial charge on any atom is 0.256 e. The number of hydrogen-bond acceptors (Lipinski definition) is 4. The number of piperazine rings is 1. The number of amides is 2. The number of phenolic OH excluding ortho intramolecular Hbond substituents is 1. The first kappa shape index (κ1) is 22.6. The van der Waals surface area contributed by atoms with Crippen molar-refractivity contribution in [2.24, 2.45) is 0 Å². The van der Waals surface area contributed by atoms with E-state index in [0.29, 0.717) is 13.1 Å². The van der Waals surface area contributed by atoms with Gasteiger partial charge in [0.25, 0.3) is 5.91 Å². The monoisotopic (exact) mass is 449 g/mol. The number of nitrogens with zero attached hydrogens (tertiary/aromatic N) is 3. The summed E-state index contributed by atoms with van der Waals surface area (Å²) in [6.45, 7) is 4.63. The highest BCUT2D eigenvalue weighted by atomic mass is 35.5. The summed E-state index contributed by atoms with van der Waals surface area (Å²) in [6.07, 6.45) is 1.22. The van der Waals surface area contributed by atoms with Crippen LogP contribution in [0.2, 0.25) is 5.02 Å². The predicted octanol–water partition coefficient (Wildman–Crippen LogP) is 3.53. The topological polar surface area (TPSA) is 64.1 Å². The fourth-order valence-electron chi connectivity index (χ4n) is 3.63. The highest BCUT2D eigenvalue weighted by Crippen LogP contribution is 2.43. The first-order valence-electron chi connectivity index (χ1n) is 9.55. The summed E-state index contributed by atoms with van der Waals surface area (Å²) < 4.78 is 30.0. The van der Waals surface area contributed by atoms with Crippen LogP contribution in [0.15, 0.2) is 36.9 Å². The second-order valence-corrected chi connectivity index (χ2v) is 7.70. The Balaban J connectivity index is 2.04. The molecular formula is C22H22ClF2N3O3. The van der Waals surface area contributed by atoms with Crippen LogP contribution in [-0.2, 0) is 4.79 Å². The third-order valence-electron chi connectivity index (χ3n) is 5.16. The molecule has 0 spiro atoms. The fraction of sp³-hybridized carbons (Fsp3) is 0.273. The Labute approximate surface area is 183 Å². The lowest BCUT2D eigenvalue weighted by Crippen LogP contribution is -2.50. The molecule has 0 radical (unpaired) electrons. The summed E-state index contributed by atoms with van der Waals surface area (Å²) in [5, 5.41) is 9.90. The van der Waals surface area contributed by atoms with Crippen molar-refractivity contribution < 1.29 is 23.5 Å². The number of phenols is 1. The first-order chi connectivity index (χ1) is 14.7. The molecule has 1 N–H and O–H groups in total. The lowest BCUT2D eigenvalue weighted by molar-refractivity contribution is -0.127. The van der Waals surface area contributed by atoms with E-state index in [1.54, 1.807) is 19.0 Å². The molecular weight excluding hydrogens is 428 g/mol. The maximum atomic E-state index is 15.6. The van der Waals surface area contributed by atoms with Crippen molar-refractivity contribution in [1.29, 1.82) is 0 Å². The summed E-state index contributed by atoms with van der Waals surface area (Å²) in [4.78, 5) is 29.4. The van der Waals surface area contributed by atoms with Crippen molar-refractivity contribution in [2.75, 3.05) is 45.2 Å². The van der Waals surface area contributed by atoms with Crippen molar-refractivity contribution in [3.63, 3.8) is 0 Å². The molecule has 3 rings (SSSR count). The van der Waals surface area contributed by atoms with Crippen LogP contribution < -0.4 is 4.90 Å². The molecule has 164 valence electrons. The normalized spacial score (nSPS) is 13.8. The smallest absolute Gasteiger partial charge is 0.256 e. The summed E-state index contributed by atoms with van der Waals surface area (Å²) in [5.41, 5.74) is -0.755. The average Bonchev–Trinajstić information content (AvgIpc) is 2.74. The van der Waals surface area contributed by atoms with Crippen molar-refractivity contribution in [1.82, 2.24) is 9.80 Å². The number of rotatable bonds is 4. The average molecular weight is 450 g/mol. The summed E-state index contributed by atoms with van der Waals surface area (Å²) >= 11 is 6.29. The van der Waals surface area contributed by atoms with Gasteiger partial charge in [-0.1, -0.05) is 24.2 Å². The van der Waals surface area contributed by atoms with Crippen LogP contribution in [0.1, 0.15) is 10.4 Å². The van der Waals surface area contributed by atoms with Gasteiger partial charge in [-0.25, -0.2) is 8.78 Å². The van der Waals surface area contributed by atoms with Gasteiger partial charge in [0.15, 0.2) is 5.82 Å². The standard InChI is InChI=1S/C22H22ClF2N3O3/c1-4-17(30)27-8-10-28(11-9-27)22(31)13-12-14(23)18(20(25)21(13)26(2)3)19-15(24)6-5-7-16(19)29/h4-7,12,29H,1,8-11H2,2-3H3. The van der Waals surface area contributed by atoms with E-state index in [1.165, 1.54) is 34.1 Å². The second-order valence-electron chi connectivity index (χ2n) is 7.29. The molecule has 0 atom stereocenters. The van der Waals surface area contributed by atoms with Gasteiger partial charge in [0.2, 0.25) is 5.91 Å². The molecule has 0 bridgehead atoms. The van der Waals surface area contributed by atoms with Gasteiger partial charge in [-0.15, -0.1) is 0 Å². The molecule has 1 saturated heterocycles. The van der Waals surface area contributed by atoms with Gasteiger partial charge >= 0.3 is 0 Å². The van der Waals surface area contributed by atoms with Gasteiger partial charge in [-0.2, -0.15) is 0 Å². The molecule has 1 aliphatic heterocycles.